The van der Waals surface area contributed by atoms with Crippen molar-refractivity contribution in [3.63, 3.8) is 0 Å². The van der Waals surface area contributed by atoms with Crippen molar-refractivity contribution in [1.82, 2.24) is 10.1 Å². The monoisotopic (exact) mass is 385 g/mol. The van der Waals surface area contributed by atoms with E-state index in [2.05, 4.69) is 15.5 Å². The summed E-state index contributed by atoms with van der Waals surface area (Å²) in [6, 6.07) is 7.58. The zero-order valence-electron chi connectivity index (χ0n) is 15.2. The van der Waals surface area contributed by atoms with Crippen LogP contribution in [0.3, 0.4) is 0 Å². The van der Waals surface area contributed by atoms with Crippen molar-refractivity contribution in [3.05, 3.63) is 62.9 Å². The molecule has 7 nitrogen and oxygen atoms in total. The van der Waals surface area contributed by atoms with E-state index in [9.17, 15) is 9.59 Å². The number of anilines is 1. The van der Waals surface area contributed by atoms with Crippen molar-refractivity contribution in [3.8, 4) is 0 Å². The molecule has 0 bridgehead atoms. The van der Waals surface area contributed by atoms with Crippen molar-refractivity contribution in [2.45, 2.75) is 33.8 Å². The summed E-state index contributed by atoms with van der Waals surface area (Å²) >= 11 is 1.35. The van der Waals surface area contributed by atoms with E-state index in [1.54, 1.807) is 19.2 Å². The van der Waals surface area contributed by atoms with Crippen LogP contribution in [0.5, 0.6) is 0 Å². The number of esters is 1. The number of ether oxygens (including phenoxy) is 1. The van der Waals surface area contributed by atoms with Gasteiger partial charge >= 0.3 is 5.97 Å². The number of rotatable bonds is 6. The number of nitrogens with one attached hydrogen (secondary N) is 1. The molecule has 2 aromatic heterocycles. The van der Waals surface area contributed by atoms with Crippen molar-refractivity contribution < 1.29 is 18.8 Å². The molecule has 0 aliphatic carbocycles. The average molecular weight is 385 g/mol. The van der Waals surface area contributed by atoms with Crippen LogP contribution < -0.4 is 5.32 Å². The molecule has 0 aliphatic rings. The summed E-state index contributed by atoms with van der Waals surface area (Å²) in [6.07, 6.45) is 0.163. The second kappa shape index (κ2) is 8.13. The SMILES string of the molecule is Cc1ccc(NC(=O)Cc2nc(COC(=O)c3c(C)noc3C)cs2)cc1. The third-order valence-corrected chi connectivity index (χ3v) is 4.73. The summed E-state index contributed by atoms with van der Waals surface area (Å²) in [7, 11) is 0. The van der Waals surface area contributed by atoms with E-state index in [-0.39, 0.29) is 18.9 Å². The third kappa shape index (κ3) is 4.79. The topological polar surface area (TPSA) is 94.3 Å². The molecule has 0 saturated carbocycles. The molecule has 0 saturated heterocycles. The summed E-state index contributed by atoms with van der Waals surface area (Å²) in [5.74, 6) is -0.227. The van der Waals surface area contributed by atoms with Gasteiger partial charge in [0.2, 0.25) is 5.91 Å². The van der Waals surface area contributed by atoms with Crippen molar-refractivity contribution in [2.75, 3.05) is 5.32 Å². The van der Waals surface area contributed by atoms with Gasteiger partial charge in [0.25, 0.3) is 0 Å². The molecule has 1 aromatic carbocycles. The Hall–Kier alpha value is -3.00. The highest BCUT2D eigenvalue weighted by Crippen LogP contribution is 2.17. The van der Waals surface area contributed by atoms with Crippen molar-refractivity contribution in [2.24, 2.45) is 0 Å². The van der Waals surface area contributed by atoms with Crippen LogP contribution in [0.1, 0.15) is 38.1 Å². The highest BCUT2D eigenvalue weighted by Gasteiger charge is 2.19. The zero-order valence-corrected chi connectivity index (χ0v) is 16.1. The second-order valence-corrected chi connectivity index (χ2v) is 7.04. The minimum absolute atomic E-state index is 0.0268. The molecular weight excluding hydrogens is 366 g/mol. The molecule has 0 spiro atoms. The van der Waals surface area contributed by atoms with Crippen LogP contribution in [-0.4, -0.2) is 22.0 Å². The van der Waals surface area contributed by atoms with E-state index < -0.39 is 5.97 Å². The first-order valence-corrected chi connectivity index (χ1v) is 9.20. The standard InChI is InChI=1S/C19H19N3O4S/c1-11-4-6-14(7-5-11)20-16(23)8-17-21-15(10-27-17)9-25-19(24)18-12(2)22-26-13(18)3/h4-7,10H,8-9H2,1-3H3,(H,20,23). The average Bonchev–Trinajstić information content (AvgIpc) is 3.21. The van der Waals surface area contributed by atoms with Gasteiger partial charge in [-0.05, 0) is 32.9 Å². The summed E-state index contributed by atoms with van der Waals surface area (Å²) in [5, 5.41) is 9.00. The Morgan fingerprint density at radius 2 is 1.93 bits per heavy atom. The molecule has 0 atom stereocenters. The third-order valence-electron chi connectivity index (χ3n) is 3.84. The minimum Gasteiger partial charge on any atom is -0.455 e. The molecule has 0 radical (unpaired) electrons. The number of aromatic nitrogens is 2. The molecular formula is C19H19N3O4S. The Bertz CT molecular complexity index is 940. The van der Waals surface area contributed by atoms with E-state index >= 15 is 0 Å². The quantitative estimate of drug-likeness (QED) is 0.652. The van der Waals surface area contributed by atoms with E-state index in [4.69, 9.17) is 9.26 Å². The summed E-state index contributed by atoms with van der Waals surface area (Å²) in [6.45, 7) is 5.35. The van der Waals surface area contributed by atoms with Crippen LogP contribution in [0.25, 0.3) is 0 Å². The molecule has 3 rings (SSSR count). The van der Waals surface area contributed by atoms with Crippen LogP contribution in [0, 0.1) is 20.8 Å². The Kier molecular flexibility index (Phi) is 5.66. The maximum atomic E-state index is 12.1. The van der Waals surface area contributed by atoms with Gasteiger partial charge in [-0.25, -0.2) is 9.78 Å². The lowest BCUT2D eigenvalue weighted by Crippen LogP contribution is -2.14. The fourth-order valence-electron chi connectivity index (χ4n) is 2.46. The maximum Gasteiger partial charge on any atom is 0.344 e. The molecule has 2 heterocycles. The number of thiazole rings is 1. The number of hydrogen-bond acceptors (Lipinski definition) is 7. The number of hydrogen-bond donors (Lipinski definition) is 1. The van der Waals surface area contributed by atoms with E-state index in [1.165, 1.54) is 11.3 Å². The molecule has 3 aromatic rings. The second-order valence-electron chi connectivity index (χ2n) is 6.10. The lowest BCUT2D eigenvalue weighted by atomic mass is 10.2. The predicted octanol–water partition coefficient (Wildman–Crippen LogP) is 3.59. The lowest BCUT2D eigenvalue weighted by molar-refractivity contribution is -0.115. The number of benzene rings is 1. The van der Waals surface area contributed by atoms with Crippen LogP contribution in [0.2, 0.25) is 0 Å². The number of aryl methyl sites for hydroxylation is 3. The van der Waals surface area contributed by atoms with Gasteiger partial charge in [-0.3, -0.25) is 4.79 Å². The van der Waals surface area contributed by atoms with Crippen molar-refractivity contribution in [1.29, 1.82) is 0 Å². The fourth-order valence-corrected chi connectivity index (χ4v) is 3.24. The smallest absolute Gasteiger partial charge is 0.344 e. The highest BCUT2D eigenvalue weighted by molar-refractivity contribution is 7.09. The number of carbonyl (C=O) groups excluding carboxylic acids is 2. The lowest BCUT2D eigenvalue weighted by Gasteiger charge is -2.04. The Morgan fingerprint density at radius 1 is 1.19 bits per heavy atom. The highest BCUT2D eigenvalue weighted by atomic mass is 32.1. The first kappa shape index (κ1) is 18.8. The van der Waals surface area contributed by atoms with Gasteiger partial charge in [-0.2, -0.15) is 0 Å². The minimum atomic E-state index is -0.502. The normalized spacial score (nSPS) is 10.6. The van der Waals surface area contributed by atoms with Gasteiger partial charge in [-0.1, -0.05) is 22.9 Å². The number of nitrogens with zero attached hydrogens (tertiary/aromatic N) is 2. The summed E-state index contributed by atoms with van der Waals surface area (Å²) in [4.78, 5) is 28.6. The van der Waals surface area contributed by atoms with Gasteiger partial charge in [0, 0.05) is 11.1 Å². The van der Waals surface area contributed by atoms with Crippen LogP contribution in [0.15, 0.2) is 34.2 Å². The van der Waals surface area contributed by atoms with Crippen LogP contribution >= 0.6 is 11.3 Å². The molecule has 140 valence electrons. The van der Waals surface area contributed by atoms with Gasteiger partial charge in [-0.15, -0.1) is 11.3 Å². The molecule has 0 aliphatic heterocycles. The molecule has 1 amide bonds. The molecule has 0 fully saturated rings. The predicted molar refractivity (Wildman–Crippen MR) is 101 cm³/mol. The molecule has 27 heavy (non-hydrogen) atoms. The maximum absolute atomic E-state index is 12.1. The van der Waals surface area contributed by atoms with E-state index in [0.29, 0.717) is 27.7 Å². The van der Waals surface area contributed by atoms with E-state index in [1.807, 2.05) is 31.2 Å². The van der Waals surface area contributed by atoms with Crippen molar-refractivity contribution >= 4 is 28.9 Å². The van der Waals surface area contributed by atoms with Crippen LogP contribution in [0.4, 0.5) is 5.69 Å². The number of carbonyl (C=O) groups is 2. The van der Waals surface area contributed by atoms with Gasteiger partial charge in [0.05, 0.1) is 17.8 Å². The first-order valence-electron chi connectivity index (χ1n) is 8.32. The molecule has 1 N–H and O–H groups in total. The Balaban J connectivity index is 1.53. The first-order chi connectivity index (χ1) is 12.9. The van der Waals surface area contributed by atoms with E-state index in [0.717, 1.165) is 11.3 Å². The zero-order chi connectivity index (χ0) is 19.4. The van der Waals surface area contributed by atoms with Crippen LogP contribution in [-0.2, 0) is 22.6 Å². The van der Waals surface area contributed by atoms with Gasteiger partial charge in [0.1, 0.15) is 22.9 Å². The Morgan fingerprint density at radius 3 is 2.59 bits per heavy atom. The summed E-state index contributed by atoms with van der Waals surface area (Å²) < 4.78 is 10.2. The van der Waals surface area contributed by atoms with Gasteiger partial charge in [0.15, 0.2) is 0 Å². The molecule has 0 unspecified atom stereocenters. The largest absolute Gasteiger partial charge is 0.455 e. The fraction of sp³-hybridized carbons (Fsp3) is 0.263. The summed E-state index contributed by atoms with van der Waals surface area (Å²) in [5.41, 5.74) is 3.30. The molecule has 8 heteroatoms. The Labute approximate surface area is 160 Å². The van der Waals surface area contributed by atoms with Gasteiger partial charge < -0.3 is 14.6 Å². The number of amides is 1.